The highest BCUT2D eigenvalue weighted by Gasteiger charge is 2.15. The van der Waals surface area contributed by atoms with E-state index >= 15 is 0 Å². The molecule has 1 heterocycles. The highest BCUT2D eigenvalue weighted by molar-refractivity contribution is 7.91. The van der Waals surface area contributed by atoms with Crippen molar-refractivity contribution in [3.8, 4) is 5.75 Å². The Hall–Kier alpha value is -1.37. The minimum Gasteiger partial charge on any atom is -0.508 e. The van der Waals surface area contributed by atoms with Crippen LogP contribution in [0.4, 0.5) is 0 Å². The summed E-state index contributed by atoms with van der Waals surface area (Å²) in [7, 11) is -3.40. The first-order valence-corrected chi connectivity index (χ1v) is 8.11. The first kappa shape index (κ1) is 14.0. The molecular weight excluding hydrogens is 282 g/mol. The van der Waals surface area contributed by atoms with E-state index in [0.29, 0.717) is 17.2 Å². The van der Waals surface area contributed by atoms with E-state index in [1.54, 1.807) is 36.4 Å². The van der Waals surface area contributed by atoms with Crippen molar-refractivity contribution >= 4 is 21.4 Å². The molecule has 0 spiro atoms. The van der Waals surface area contributed by atoms with Gasteiger partial charge < -0.3 is 5.11 Å². The zero-order valence-electron chi connectivity index (χ0n) is 10.5. The van der Waals surface area contributed by atoms with Crippen LogP contribution in [0.25, 0.3) is 0 Å². The number of hydrogen-bond donors (Lipinski definition) is 2. The molecule has 4 nitrogen and oxygen atoms in total. The molecule has 19 heavy (non-hydrogen) atoms. The van der Waals surface area contributed by atoms with E-state index in [-0.39, 0.29) is 5.75 Å². The van der Waals surface area contributed by atoms with Gasteiger partial charge in [-0.15, -0.1) is 11.3 Å². The number of phenolic OH excluding ortho intramolecular Hbond substituents is 1. The SMILES string of the molecule is Cc1ccc(S(=O)(=O)NCCc2ccc(O)cc2)s1. The molecule has 0 aliphatic carbocycles. The molecule has 0 bridgehead atoms. The van der Waals surface area contributed by atoms with Gasteiger partial charge in [0.15, 0.2) is 0 Å². The van der Waals surface area contributed by atoms with Crippen molar-refractivity contribution in [2.24, 2.45) is 0 Å². The maximum absolute atomic E-state index is 11.9. The fourth-order valence-electron chi connectivity index (χ4n) is 1.62. The van der Waals surface area contributed by atoms with Gasteiger partial charge in [0.05, 0.1) is 0 Å². The van der Waals surface area contributed by atoms with Gasteiger partial charge in [-0.2, -0.15) is 0 Å². The predicted molar refractivity (Wildman–Crippen MR) is 76.1 cm³/mol. The third-order valence-corrected chi connectivity index (χ3v) is 5.58. The van der Waals surface area contributed by atoms with E-state index in [2.05, 4.69) is 4.72 Å². The molecule has 0 fully saturated rings. The molecule has 0 saturated heterocycles. The molecule has 0 aliphatic rings. The van der Waals surface area contributed by atoms with Crippen molar-refractivity contribution in [3.05, 3.63) is 46.8 Å². The van der Waals surface area contributed by atoms with Gasteiger partial charge in [-0.25, -0.2) is 13.1 Å². The lowest BCUT2D eigenvalue weighted by molar-refractivity contribution is 0.475. The van der Waals surface area contributed by atoms with Crippen molar-refractivity contribution < 1.29 is 13.5 Å². The van der Waals surface area contributed by atoms with Crippen LogP contribution in [0.2, 0.25) is 0 Å². The topological polar surface area (TPSA) is 66.4 Å². The number of aryl methyl sites for hydroxylation is 1. The van der Waals surface area contributed by atoms with Crippen molar-refractivity contribution in [2.45, 2.75) is 17.6 Å². The molecular formula is C13H15NO3S2. The van der Waals surface area contributed by atoms with Gasteiger partial charge in [-0.05, 0) is 43.2 Å². The number of phenols is 1. The fraction of sp³-hybridized carbons (Fsp3) is 0.231. The van der Waals surface area contributed by atoms with Crippen LogP contribution in [0.5, 0.6) is 5.75 Å². The van der Waals surface area contributed by atoms with E-state index in [1.807, 2.05) is 6.92 Å². The van der Waals surface area contributed by atoms with E-state index < -0.39 is 10.0 Å². The molecule has 0 amide bonds. The lowest BCUT2D eigenvalue weighted by atomic mass is 10.1. The van der Waals surface area contributed by atoms with Crippen LogP contribution in [0.3, 0.4) is 0 Å². The molecule has 0 saturated carbocycles. The van der Waals surface area contributed by atoms with Crippen molar-refractivity contribution in [1.29, 1.82) is 0 Å². The molecule has 2 N–H and O–H groups in total. The summed E-state index contributed by atoms with van der Waals surface area (Å²) < 4.78 is 26.8. The predicted octanol–water partition coefficient (Wildman–Crippen LogP) is 2.28. The second-order valence-corrected chi connectivity index (χ2v) is 7.46. The quantitative estimate of drug-likeness (QED) is 0.890. The van der Waals surface area contributed by atoms with Crippen LogP contribution in [0, 0.1) is 6.92 Å². The van der Waals surface area contributed by atoms with E-state index in [0.717, 1.165) is 10.4 Å². The van der Waals surface area contributed by atoms with Crippen LogP contribution in [0.15, 0.2) is 40.6 Å². The first-order valence-electron chi connectivity index (χ1n) is 5.81. The molecule has 6 heteroatoms. The normalized spacial score (nSPS) is 11.6. The third kappa shape index (κ3) is 3.79. The Balaban J connectivity index is 1.93. The van der Waals surface area contributed by atoms with Crippen molar-refractivity contribution in [3.63, 3.8) is 0 Å². The Bertz CT molecular complexity index is 645. The van der Waals surface area contributed by atoms with Crippen LogP contribution in [-0.2, 0) is 16.4 Å². The number of thiophene rings is 1. The average molecular weight is 297 g/mol. The largest absolute Gasteiger partial charge is 0.508 e. The summed E-state index contributed by atoms with van der Waals surface area (Å²) in [5.41, 5.74) is 0.975. The molecule has 0 radical (unpaired) electrons. The fourth-order valence-corrected chi connectivity index (χ4v) is 3.98. The lowest BCUT2D eigenvalue weighted by Crippen LogP contribution is -2.25. The Morgan fingerprint density at radius 2 is 1.84 bits per heavy atom. The molecule has 0 aliphatic heterocycles. The Morgan fingerprint density at radius 3 is 2.42 bits per heavy atom. The highest BCUT2D eigenvalue weighted by atomic mass is 32.2. The molecule has 1 aromatic carbocycles. The molecule has 2 rings (SSSR count). The molecule has 0 unspecified atom stereocenters. The smallest absolute Gasteiger partial charge is 0.250 e. The van der Waals surface area contributed by atoms with Gasteiger partial charge in [0.25, 0.3) is 0 Å². The lowest BCUT2D eigenvalue weighted by Gasteiger charge is -2.05. The number of sulfonamides is 1. The summed E-state index contributed by atoms with van der Waals surface area (Å²) in [6.07, 6.45) is 0.587. The van der Waals surface area contributed by atoms with Crippen molar-refractivity contribution in [2.75, 3.05) is 6.54 Å². The average Bonchev–Trinajstić information content (AvgIpc) is 2.79. The van der Waals surface area contributed by atoms with E-state index in [9.17, 15) is 8.42 Å². The monoisotopic (exact) mass is 297 g/mol. The molecule has 0 atom stereocenters. The standard InChI is InChI=1S/C13H15NO3S2/c1-10-2-7-13(18-10)19(16,17)14-9-8-11-3-5-12(15)6-4-11/h2-7,14-15H,8-9H2,1H3. The van der Waals surface area contributed by atoms with Crippen LogP contribution in [0.1, 0.15) is 10.4 Å². The van der Waals surface area contributed by atoms with Gasteiger partial charge in [-0.1, -0.05) is 12.1 Å². The number of rotatable bonds is 5. The molecule has 102 valence electrons. The summed E-state index contributed by atoms with van der Waals surface area (Å²) in [6, 6.07) is 10.1. The van der Waals surface area contributed by atoms with Gasteiger partial charge in [0, 0.05) is 11.4 Å². The molecule has 2 aromatic rings. The zero-order chi connectivity index (χ0) is 13.9. The van der Waals surface area contributed by atoms with Gasteiger partial charge in [0.2, 0.25) is 10.0 Å². The highest BCUT2D eigenvalue weighted by Crippen LogP contribution is 2.20. The Labute approximate surface area is 116 Å². The zero-order valence-corrected chi connectivity index (χ0v) is 12.1. The Morgan fingerprint density at radius 1 is 1.16 bits per heavy atom. The maximum atomic E-state index is 11.9. The minimum absolute atomic E-state index is 0.207. The van der Waals surface area contributed by atoms with E-state index in [4.69, 9.17) is 5.11 Å². The van der Waals surface area contributed by atoms with Gasteiger partial charge in [-0.3, -0.25) is 0 Å². The van der Waals surface area contributed by atoms with E-state index in [1.165, 1.54) is 11.3 Å². The van der Waals surface area contributed by atoms with Crippen LogP contribution in [-0.4, -0.2) is 20.1 Å². The second-order valence-electron chi connectivity index (χ2n) is 4.18. The Kier molecular flexibility index (Phi) is 4.24. The number of aromatic hydroxyl groups is 1. The van der Waals surface area contributed by atoms with Crippen molar-refractivity contribution in [1.82, 2.24) is 4.72 Å². The summed E-state index contributed by atoms with van der Waals surface area (Å²) in [6.45, 7) is 2.21. The van der Waals surface area contributed by atoms with Crippen LogP contribution >= 0.6 is 11.3 Å². The number of hydrogen-bond acceptors (Lipinski definition) is 4. The summed E-state index contributed by atoms with van der Waals surface area (Å²) in [4.78, 5) is 0.971. The first-order chi connectivity index (χ1) is 8.97. The minimum atomic E-state index is -3.40. The van der Waals surface area contributed by atoms with Gasteiger partial charge in [0.1, 0.15) is 9.96 Å². The number of nitrogens with one attached hydrogen (secondary N) is 1. The second kappa shape index (κ2) is 5.73. The number of benzene rings is 1. The summed E-state index contributed by atoms with van der Waals surface area (Å²) in [5.74, 6) is 0.207. The van der Waals surface area contributed by atoms with Gasteiger partial charge >= 0.3 is 0 Å². The van der Waals surface area contributed by atoms with Crippen LogP contribution < -0.4 is 4.72 Å². The maximum Gasteiger partial charge on any atom is 0.250 e. The molecule has 1 aromatic heterocycles. The third-order valence-electron chi connectivity index (χ3n) is 2.62. The summed E-state index contributed by atoms with van der Waals surface area (Å²) in [5, 5.41) is 9.15. The summed E-state index contributed by atoms with van der Waals surface area (Å²) >= 11 is 1.26.